The zero-order valence-electron chi connectivity index (χ0n) is 16.5. The second-order valence-corrected chi connectivity index (χ2v) is 7.31. The summed E-state index contributed by atoms with van der Waals surface area (Å²) in [6.07, 6.45) is 3.36. The summed E-state index contributed by atoms with van der Waals surface area (Å²) >= 11 is 6.21. The molecule has 0 aliphatic carbocycles. The van der Waals surface area contributed by atoms with Gasteiger partial charge in [0, 0.05) is 24.0 Å². The first-order chi connectivity index (χ1) is 13.8. The molecule has 1 aromatic carbocycles. The van der Waals surface area contributed by atoms with Gasteiger partial charge in [0.05, 0.1) is 18.8 Å². The number of aryl methyl sites for hydroxylation is 2. The van der Waals surface area contributed by atoms with Crippen molar-refractivity contribution < 1.29 is 4.74 Å². The minimum absolute atomic E-state index is 0.303. The Bertz CT molecular complexity index is 1410. The van der Waals surface area contributed by atoms with E-state index in [2.05, 4.69) is 11.6 Å². The zero-order valence-corrected chi connectivity index (χ0v) is 17.3. The van der Waals surface area contributed by atoms with Crippen LogP contribution < -0.4 is 16.0 Å². The molecule has 0 fully saturated rings. The van der Waals surface area contributed by atoms with Gasteiger partial charge in [-0.05, 0) is 32.0 Å². The molecule has 4 aromatic rings. The molecule has 0 aliphatic rings. The molecule has 0 saturated carbocycles. The Kier molecular flexibility index (Phi) is 4.38. The Balaban J connectivity index is 2.18. The molecule has 0 N–H and O–H groups in total. The minimum atomic E-state index is -0.452. The fourth-order valence-electron chi connectivity index (χ4n) is 3.58. The van der Waals surface area contributed by atoms with Gasteiger partial charge in [0.2, 0.25) is 5.78 Å². The van der Waals surface area contributed by atoms with Gasteiger partial charge in [-0.1, -0.05) is 17.7 Å². The molecule has 0 radical (unpaired) electrons. The third-order valence-corrected chi connectivity index (χ3v) is 5.34. The maximum atomic E-state index is 13.2. The van der Waals surface area contributed by atoms with E-state index in [1.807, 2.05) is 11.5 Å². The van der Waals surface area contributed by atoms with E-state index < -0.39 is 17.3 Å². The smallest absolute Gasteiger partial charge is 0.333 e. The van der Waals surface area contributed by atoms with Gasteiger partial charge in [0.25, 0.3) is 5.56 Å². The average molecular weight is 414 g/mol. The minimum Gasteiger partial charge on any atom is -0.495 e. The summed E-state index contributed by atoms with van der Waals surface area (Å²) in [5.41, 5.74) is 1.27. The zero-order chi connectivity index (χ0) is 21.0. The number of imidazole rings is 2. The van der Waals surface area contributed by atoms with Crippen molar-refractivity contribution in [3.8, 4) is 11.4 Å². The van der Waals surface area contributed by atoms with Crippen LogP contribution in [0.25, 0.3) is 22.6 Å². The van der Waals surface area contributed by atoms with Crippen LogP contribution in [-0.4, -0.2) is 30.2 Å². The van der Waals surface area contributed by atoms with Gasteiger partial charge in [0.15, 0.2) is 11.2 Å². The topological polar surface area (TPSA) is 75.5 Å². The summed E-state index contributed by atoms with van der Waals surface area (Å²) in [6.45, 7) is 7.34. The molecule has 1 atom stereocenters. The number of allylic oxidation sites excluding steroid dienone is 1. The monoisotopic (exact) mass is 413 g/mol. The molecule has 0 bridgehead atoms. The van der Waals surface area contributed by atoms with E-state index in [0.29, 0.717) is 33.4 Å². The molecule has 150 valence electrons. The number of hydrogen-bond donors (Lipinski definition) is 0. The molecule has 8 nitrogen and oxygen atoms in total. The quantitative estimate of drug-likeness (QED) is 0.482. The lowest BCUT2D eigenvalue weighted by molar-refractivity contribution is 0.413. The number of hydrogen-bond acceptors (Lipinski definition) is 4. The highest BCUT2D eigenvalue weighted by Crippen LogP contribution is 2.30. The van der Waals surface area contributed by atoms with E-state index in [1.165, 1.54) is 9.13 Å². The normalized spacial score (nSPS) is 12.6. The first kappa shape index (κ1) is 19.1. The van der Waals surface area contributed by atoms with Crippen molar-refractivity contribution in [2.45, 2.75) is 19.9 Å². The highest BCUT2D eigenvalue weighted by molar-refractivity contribution is 6.30. The number of benzene rings is 1. The van der Waals surface area contributed by atoms with Crippen LogP contribution in [0.15, 0.2) is 46.6 Å². The van der Waals surface area contributed by atoms with Gasteiger partial charge in [0.1, 0.15) is 5.75 Å². The summed E-state index contributed by atoms with van der Waals surface area (Å²) < 4.78 is 11.6. The molecule has 4 rings (SSSR count). The van der Waals surface area contributed by atoms with Gasteiger partial charge in [-0.25, -0.2) is 4.79 Å². The second-order valence-electron chi connectivity index (χ2n) is 6.87. The molecule has 29 heavy (non-hydrogen) atoms. The SMILES string of the molecule is C=C[C@@H](C)n1c(=O)c2c(nc3n(-c4cc(Cl)ccc4OC)c(C)cn23)n(C)c1=O. The fraction of sp³-hybridized carbons (Fsp3) is 0.250. The molecule has 0 saturated heterocycles. The maximum absolute atomic E-state index is 13.2. The number of methoxy groups -OCH3 is 1. The van der Waals surface area contributed by atoms with Crippen LogP contribution in [0.4, 0.5) is 0 Å². The molecule has 0 spiro atoms. The Labute approximate surface area is 170 Å². The van der Waals surface area contributed by atoms with E-state index >= 15 is 0 Å². The van der Waals surface area contributed by atoms with Gasteiger partial charge in [-0.15, -0.1) is 6.58 Å². The Hall–Kier alpha value is -3.26. The molecule has 0 unspecified atom stereocenters. The highest BCUT2D eigenvalue weighted by atomic mass is 35.5. The third kappa shape index (κ3) is 2.63. The van der Waals surface area contributed by atoms with Gasteiger partial charge in [-0.3, -0.25) is 22.9 Å². The van der Waals surface area contributed by atoms with E-state index in [4.69, 9.17) is 16.3 Å². The predicted molar refractivity (Wildman–Crippen MR) is 113 cm³/mol. The van der Waals surface area contributed by atoms with Gasteiger partial charge in [-0.2, -0.15) is 4.98 Å². The van der Waals surface area contributed by atoms with Crippen molar-refractivity contribution >= 4 is 28.5 Å². The van der Waals surface area contributed by atoms with E-state index in [9.17, 15) is 9.59 Å². The first-order valence-corrected chi connectivity index (χ1v) is 9.36. The molecule has 9 heteroatoms. The molecule has 0 aliphatic heterocycles. The molecule has 3 heterocycles. The molecule has 0 amide bonds. The lowest BCUT2D eigenvalue weighted by atomic mass is 10.3. The van der Waals surface area contributed by atoms with E-state index in [1.54, 1.807) is 56.0 Å². The molecular weight excluding hydrogens is 394 g/mol. The number of halogens is 1. The van der Waals surface area contributed by atoms with Gasteiger partial charge >= 0.3 is 5.69 Å². The molecule has 3 aromatic heterocycles. The number of fused-ring (bicyclic) bond motifs is 3. The summed E-state index contributed by atoms with van der Waals surface area (Å²) in [4.78, 5) is 30.6. The van der Waals surface area contributed by atoms with Gasteiger partial charge < -0.3 is 4.74 Å². The lowest BCUT2D eigenvalue weighted by Gasteiger charge is -2.12. The Morgan fingerprint density at radius 1 is 1.31 bits per heavy atom. The predicted octanol–water partition coefficient (Wildman–Crippen LogP) is 2.86. The number of nitrogens with zero attached hydrogens (tertiary/aromatic N) is 5. The second kappa shape index (κ2) is 6.66. The first-order valence-electron chi connectivity index (χ1n) is 8.98. The van der Waals surface area contributed by atoms with Crippen molar-refractivity contribution in [3.05, 3.63) is 68.6 Å². The van der Waals surface area contributed by atoms with Crippen LogP contribution in [-0.2, 0) is 7.05 Å². The van der Waals surface area contributed by atoms with Crippen LogP contribution in [0.5, 0.6) is 5.75 Å². The van der Waals surface area contributed by atoms with Crippen molar-refractivity contribution in [2.24, 2.45) is 7.05 Å². The Morgan fingerprint density at radius 3 is 2.69 bits per heavy atom. The molecular formula is C20H20ClN5O3. The highest BCUT2D eigenvalue weighted by Gasteiger charge is 2.23. The van der Waals surface area contributed by atoms with Crippen LogP contribution in [0, 0.1) is 6.92 Å². The van der Waals surface area contributed by atoms with Crippen LogP contribution in [0.3, 0.4) is 0 Å². The summed E-state index contributed by atoms with van der Waals surface area (Å²) in [7, 11) is 3.17. The number of rotatable bonds is 4. The summed E-state index contributed by atoms with van der Waals surface area (Å²) in [5, 5.41) is 0.540. The average Bonchev–Trinajstić information content (AvgIpc) is 3.20. The summed E-state index contributed by atoms with van der Waals surface area (Å²) in [6, 6.07) is 4.82. The fourth-order valence-corrected chi connectivity index (χ4v) is 3.74. The lowest BCUT2D eigenvalue weighted by Crippen LogP contribution is -2.40. The van der Waals surface area contributed by atoms with E-state index in [0.717, 1.165) is 5.69 Å². The van der Waals surface area contributed by atoms with Crippen molar-refractivity contribution in [2.75, 3.05) is 7.11 Å². The third-order valence-electron chi connectivity index (χ3n) is 5.10. The van der Waals surface area contributed by atoms with Crippen LogP contribution >= 0.6 is 11.6 Å². The van der Waals surface area contributed by atoms with Crippen molar-refractivity contribution in [1.29, 1.82) is 0 Å². The number of ether oxygens (including phenoxy) is 1. The van der Waals surface area contributed by atoms with Crippen molar-refractivity contribution in [3.63, 3.8) is 0 Å². The standard InChI is InChI=1S/C20H20ClN5O3/c1-6-11(2)26-18(27)16-17(23(4)20(26)28)22-19-24(16)10-12(3)25(19)14-9-13(21)7-8-15(14)29-5/h6-11H,1H2,2-5H3/t11-/m1/s1. The van der Waals surface area contributed by atoms with Crippen LogP contribution in [0.1, 0.15) is 18.7 Å². The van der Waals surface area contributed by atoms with Crippen molar-refractivity contribution in [1.82, 2.24) is 23.1 Å². The largest absolute Gasteiger partial charge is 0.495 e. The Morgan fingerprint density at radius 2 is 2.03 bits per heavy atom. The summed E-state index contributed by atoms with van der Waals surface area (Å²) in [5.74, 6) is 1.09. The number of aromatic nitrogens is 5. The van der Waals surface area contributed by atoms with E-state index in [-0.39, 0.29) is 0 Å². The van der Waals surface area contributed by atoms with Crippen LogP contribution in [0.2, 0.25) is 5.02 Å². The maximum Gasteiger partial charge on any atom is 0.333 e.